The van der Waals surface area contributed by atoms with Gasteiger partial charge in [0, 0.05) is 0 Å². The first kappa shape index (κ1) is 24.8. The zero-order chi connectivity index (χ0) is 25.8. The van der Waals surface area contributed by atoms with Gasteiger partial charge in [-0.2, -0.15) is 5.26 Å². The van der Waals surface area contributed by atoms with Gasteiger partial charge < -0.3 is 19.9 Å². The Morgan fingerprint density at radius 1 is 1.14 bits per heavy atom. The second-order valence-electron chi connectivity index (χ2n) is 7.81. The number of fused-ring (bicyclic) bond motifs is 1. The standard InChI is InChI=1S/C27H25N3O5S/c1-4-34-18-11-9-16(10-12-18)13-21-25(31)30-24(29)20(15-28)22(23(26(30)36-21)27(32)33-3)17-7-6-8-19(14-17)35-5-2/h6-14,22H,4-5,29H2,1-3H3. The molecule has 0 radical (unpaired) electrons. The number of ether oxygens (including phenoxy) is 3. The molecule has 1 unspecified atom stereocenters. The first-order valence-corrected chi connectivity index (χ1v) is 12.2. The van der Waals surface area contributed by atoms with Crippen molar-refractivity contribution >= 4 is 34.8 Å². The lowest BCUT2D eigenvalue weighted by Gasteiger charge is -2.24. The Balaban J connectivity index is 1.99. The highest BCUT2D eigenvalue weighted by atomic mass is 32.1. The van der Waals surface area contributed by atoms with Gasteiger partial charge in [-0.25, -0.2) is 4.79 Å². The van der Waals surface area contributed by atoms with E-state index < -0.39 is 17.4 Å². The van der Waals surface area contributed by atoms with E-state index in [0.717, 1.165) is 22.6 Å². The van der Waals surface area contributed by atoms with Crippen LogP contribution in [0.2, 0.25) is 0 Å². The Bertz CT molecular complexity index is 1560. The van der Waals surface area contributed by atoms with Crippen LogP contribution in [0.25, 0.3) is 17.5 Å². The molecule has 0 bridgehead atoms. The molecule has 0 spiro atoms. The maximum Gasteiger partial charge on any atom is 0.337 e. The number of nitriles is 1. The smallest absolute Gasteiger partial charge is 0.337 e. The van der Waals surface area contributed by atoms with Gasteiger partial charge in [0.15, 0.2) is 0 Å². The van der Waals surface area contributed by atoms with Crippen molar-refractivity contribution in [2.45, 2.75) is 19.8 Å². The number of nitrogens with two attached hydrogens (primary N) is 1. The predicted octanol–water partition coefficient (Wildman–Crippen LogP) is 2.31. The minimum absolute atomic E-state index is 0.0143. The molecule has 0 fully saturated rings. The van der Waals surface area contributed by atoms with Crippen LogP contribution in [0.3, 0.4) is 0 Å². The molecule has 8 nitrogen and oxygen atoms in total. The molecule has 9 heteroatoms. The molecule has 184 valence electrons. The number of allylic oxidation sites excluding steroid dienone is 1. The third kappa shape index (κ3) is 4.51. The molecule has 1 aliphatic rings. The molecule has 0 saturated heterocycles. The second kappa shape index (κ2) is 10.5. The van der Waals surface area contributed by atoms with Gasteiger partial charge in [0.25, 0.3) is 5.56 Å². The van der Waals surface area contributed by atoms with E-state index in [4.69, 9.17) is 19.9 Å². The Hall–Kier alpha value is -4.29. The average molecular weight is 504 g/mol. The van der Waals surface area contributed by atoms with Crippen molar-refractivity contribution in [3.05, 3.63) is 84.8 Å². The fraction of sp³-hybridized carbons (Fsp3) is 0.222. The third-order valence-corrected chi connectivity index (χ3v) is 6.77. The lowest BCUT2D eigenvalue weighted by molar-refractivity contribution is -0.134. The topological polar surface area (TPSA) is 117 Å². The monoisotopic (exact) mass is 503 g/mol. The largest absolute Gasteiger partial charge is 0.494 e. The minimum Gasteiger partial charge on any atom is -0.494 e. The first-order valence-electron chi connectivity index (χ1n) is 11.3. The van der Waals surface area contributed by atoms with E-state index in [2.05, 4.69) is 6.07 Å². The van der Waals surface area contributed by atoms with Gasteiger partial charge in [0.2, 0.25) is 0 Å². The molecule has 2 heterocycles. The van der Waals surface area contributed by atoms with Crippen molar-refractivity contribution in [2.75, 3.05) is 20.3 Å². The Labute approximate surface area is 211 Å². The van der Waals surface area contributed by atoms with Crippen LogP contribution in [0.5, 0.6) is 11.5 Å². The van der Waals surface area contributed by atoms with Crippen LogP contribution in [0.4, 0.5) is 0 Å². The minimum atomic E-state index is -0.820. The molecule has 1 aliphatic heterocycles. The quantitative estimate of drug-likeness (QED) is 0.492. The Kier molecular flexibility index (Phi) is 7.27. The Morgan fingerprint density at radius 3 is 2.47 bits per heavy atom. The maximum absolute atomic E-state index is 13.4. The Morgan fingerprint density at radius 2 is 1.83 bits per heavy atom. The van der Waals surface area contributed by atoms with Crippen molar-refractivity contribution < 1.29 is 19.0 Å². The summed E-state index contributed by atoms with van der Waals surface area (Å²) in [6, 6.07) is 16.5. The van der Waals surface area contributed by atoms with E-state index in [-0.39, 0.29) is 17.0 Å². The molecule has 0 aliphatic carbocycles. The number of carbonyl (C=O) groups is 1. The van der Waals surface area contributed by atoms with E-state index in [1.54, 1.807) is 30.3 Å². The summed E-state index contributed by atoms with van der Waals surface area (Å²) in [7, 11) is 1.26. The first-order chi connectivity index (χ1) is 17.4. The van der Waals surface area contributed by atoms with Crippen molar-refractivity contribution in [1.29, 1.82) is 5.26 Å². The number of hydrogen-bond donors (Lipinski definition) is 1. The molecule has 0 saturated carbocycles. The van der Waals surface area contributed by atoms with Gasteiger partial charge >= 0.3 is 5.97 Å². The number of hydrogen-bond acceptors (Lipinski definition) is 8. The molecule has 2 aromatic carbocycles. The molecule has 36 heavy (non-hydrogen) atoms. The molecule has 2 N–H and O–H groups in total. The molecule has 1 aromatic heterocycles. The van der Waals surface area contributed by atoms with E-state index in [0.29, 0.717) is 33.7 Å². The van der Waals surface area contributed by atoms with Crippen LogP contribution in [-0.4, -0.2) is 30.9 Å². The summed E-state index contributed by atoms with van der Waals surface area (Å²) < 4.78 is 18.1. The number of benzene rings is 2. The number of methoxy groups -OCH3 is 1. The van der Waals surface area contributed by atoms with Crippen LogP contribution < -0.4 is 30.0 Å². The molecular weight excluding hydrogens is 478 g/mol. The number of thiazole rings is 1. The zero-order valence-corrected chi connectivity index (χ0v) is 20.9. The predicted molar refractivity (Wildman–Crippen MR) is 138 cm³/mol. The molecule has 3 aromatic rings. The van der Waals surface area contributed by atoms with Crippen LogP contribution in [0.1, 0.15) is 30.9 Å². The lowest BCUT2D eigenvalue weighted by atomic mass is 9.84. The van der Waals surface area contributed by atoms with Crippen molar-refractivity contribution in [2.24, 2.45) is 5.73 Å². The zero-order valence-electron chi connectivity index (χ0n) is 20.1. The number of aromatic nitrogens is 1. The molecular formula is C27H25N3O5S. The number of nitrogens with zero attached hydrogens (tertiary/aromatic N) is 2. The van der Waals surface area contributed by atoms with Gasteiger partial charge in [-0.3, -0.25) is 9.36 Å². The third-order valence-electron chi connectivity index (χ3n) is 5.67. The highest BCUT2D eigenvalue weighted by molar-refractivity contribution is 7.07. The second-order valence-corrected chi connectivity index (χ2v) is 8.84. The molecule has 1 atom stereocenters. The fourth-order valence-corrected chi connectivity index (χ4v) is 5.28. The van der Waals surface area contributed by atoms with Crippen LogP contribution in [0.15, 0.2) is 58.9 Å². The summed E-state index contributed by atoms with van der Waals surface area (Å²) in [5.41, 5.74) is 7.64. The highest BCUT2D eigenvalue weighted by Gasteiger charge is 2.36. The van der Waals surface area contributed by atoms with Crippen molar-refractivity contribution in [3.8, 4) is 17.6 Å². The van der Waals surface area contributed by atoms with Crippen LogP contribution in [0, 0.1) is 11.3 Å². The van der Waals surface area contributed by atoms with Gasteiger partial charge in [-0.05, 0) is 55.3 Å². The summed E-state index contributed by atoms with van der Waals surface area (Å²) in [4.78, 5) is 26.5. The summed E-state index contributed by atoms with van der Waals surface area (Å²) in [6.45, 7) is 4.78. The maximum atomic E-state index is 13.4. The van der Waals surface area contributed by atoms with E-state index in [1.165, 1.54) is 11.7 Å². The summed E-state index contributed by atoms with van der Waals surface area (Å²) in [6.07, 6.45) is 1.72. The molecule has 0 amide bonds. The summed E-state index contributed by atoms with van der Waals surface area (Å²) in [5.74, 6) is -0.168. The lowest BCUT2D eigenvalue weighted by Crippen LogP contribution is -2.40. The van der Waals surface area contributed by atoms with Gasteiger partial charge in [0.1, 0.15) is 22.0 Å². The van der Waals surface area contributed by atoms with Crippen LogP contribution in [-0.2, 0) is 9.53 Å². The highest BCUT2D eigenvalue weighted by Crippen LogP contribution is 2.37. The van der Waals surface area contributed by atoms with Gasteiger partial charge in [0.05, 0.1) is 48.0 Å². The van der Waals surface area contributed by atoms with E-state index >= 15 is 0 Å². The molecule has 4 rings (SSSR count). The SMILES string of the molecule is CCOc1ccc(C=c2sc3n(c2=O)C(N)=C(C#N)C(c2cccc(OCC)c2)C=3C(=O)OC)cc1. The normalized spacial score (nSPS) is 15.3. The number of carbonyl (C=O) groups excluding carboxylic acids is 1. The van der Waals surface area contributed by atoms with E-state index in [1.807, 2.05) is 38.1 Å². The van der Waals surface area contributed by atoms with E-state index in [9.17, 15) is 14.9 Å². The summed E-state index contributed by atoms with van der Waals surface area (Å²) >= 11 is 1.12. The van der Waals surface area contributed by atoms with Gasteiger partial charge in [-0.1, -0.05) is 24.3 Å². The number of rotatable bonds is 7. The van der Waals surface area contributed by atoms with Crippen molar-refractivity contribution in [3.63, 3.8) is 0 Å². The average Bonchev–Trinajstić information content (AvgIpc) is 3.20. The van der Waals surface area contributed by atoms with Crippen molar-refractivity contribution in [1.82, 2.24) is 4.57 Å². The van der Waals surface area contributed by atoms with Gasteiger partial charge in [-0.15, -0.1) is 11.3 Å². The summed E-state index contributed by atoms with van der Waals surface area (Å²) in [5, 5.41) is 10.1. The number of esters is 1. The van der Waals surface area contributed by atoms with Crippen LogP contribution >= 0.6 is 11.3 Å². The fourth-order valence-electron chi connectivity index (χ4n) is 4.12.